The fraction of sp³-hybridized carbons (Fsp3) is 0.471. The minimum atomic E-state index is -0.516. The first-order valence-corrected chi connectivity index (χ1v) is 7.27. The average Bonchev–Trinajstić information content (AvgIpc) is 2.37. The molecule has 114 valence electrons. The van der Waals surface area contributed by atoms with Crippen molar-refractivity contribution in [2.45, 2.75) is 45.3 Å². The summed E-state index contributed by atoms with van der Waals surface area (Å²) in [4.78, 5) is 14.0. The molecule has 0 spiro atoms. The summed E-state index contributed by atoms with van der Waals surface area (Å²) in [5.74, 6) is 0.343. The number of ether oxygens (including phenoxy) is 1. The molecule has 1 aromatic rings. The van der Waals surface area contributed by atoms with Gasteiger partial charge in [-0.15, -0.1) is 0 Å². The van der Waals surface area contributed by atoms with Gasteiger partial charge in [-0.2, -0.15) is 0 Å². The number of carbonyl (C=O) groups excluding carboxylic acids is 1. The molecule has 0 saturated carbocycles. The third-order valence-corrected chi connectivity index (χ3v) is 3.35. The van der Waals surface area contributed by atoms with Gasteiger partial charge < -0.3 is 14.7 Å². The van der Waals surface area contributed by atoms with E-state index in [9.17, 15) is 9.90 Å². The Morgan fingerprint density at radius 1 is 1.33 bits per heavy atom. The van der Waals surface area contributed by atoms with Gasteiger partial charge in [0.15, 0.2) is 0 Å². The zero-order valence-electron chi connectivity index (χ0n) is 12.9. The van der Waals surface area contributed by atoms with Crippen LogP contribution >= 0.6 is 0 Å². The first kappa shape index (κ1) is 15.4. The minimum absolute atomic E-state index is 0.0766. The highest BCUT2D eigenvalue weighted by molar-refractivity contribution is 5.69. The Morgan fingerprint density at radius 2 is 2.00 bits per heavy atom. The maximum atomic E-state index is 12.3. The van der Waals surface area contributed by atoms with Gasteiger partial charge >= 0.3 is 6.09 Å². The van der Waals surface area contributed by atoms with Crippen molar-refractivity contribution < 1.29 is 14.6 Å². The molecule has 1 aliphatic heterocycles. The molecule has 0 aliphatic carbocycles. The Labute approximate surface area is 126 Å². The number of hydrogen-bond acceptors (Lipinski definition) is 3. The summed E-state index contributed by atoms with van der Waals surface area (Å²) in [6, 6.07) is 9.91. The lowest BCUT2D eigenvalue weighted by Gasteiger charge is -2.35. The third-order valence-electron chi connectivity index (χ3n) is 3.35. The van der Waals surface area contributed by atoms with Crippen molar-refractivity contribution in [2.75, 3.05) is 6.54 Å². The van der Waals surface area contributed by atoms with Gasteiger partial charge in [-0.25, -0.2) is 4.79 Å². The van der Waals surface area contributed by atoms with Crippen LogP contribution in [0.25, 0.3) is 0 Å². The van der Waals surface area contributed by atoms with Crippen LogP contribution in [0, 0.1) is 0 Å². The molecule has 0 fully saturated rings. The molecule has 1 aromatic carbocycles. The fourth-order valence-electron chi connectivity index (χ4n) is 2.40. The van der Waals surface area contributed by atoms with E-state index in [0.717, 1.165) is 5.56 Å². The molecular weight excluding hydrogens is 266 g/mol. The number of hydrogen-bond donors (Lipinski definition) is 1. The second-order valence-corrected chi connectivity index (χ2v) is 6.38. The number of amides is 1. The first-order valence-electron chi connectivity index (χ1n) is 7.27. The molecule has 0 unspecified atom stereocenters. The lowest BCUT2D eigenvalue weighted by molar-refractivity contribution is 0.0159. The van der Waals surface area contributed by atoms with Crippen molar-refractivity contribution in [3.63, 3.8) is 0 Å². The van der Waals surface area contributed by atoms with Crippen molar-refractivity contribution in [3.05, 3.63) is 47.7 Å². The monoisotopic (exact) mass is 289 g/mol. The van der Waals surface area contributed by atoms with Gasteiger partial charge in [0.05, 0.1) is 5.76 Å². The lowest BCUT2D eigenvalue weighted by Crippen LogP contribution is -2.46. The molecular formula is C17H23NO3. The summed E-state index contributed by atoms with van der Waals surface area (Å²) in [6.07, 6.45) is 2.52. The molecule has 0 bridgehead atoms. The number of aliphatic hydroxyl groups excluding tert-OH is 1. The molecule has 1 heterocycles. The predicted octanol–water partition coefficient (Wildman–Crippen LogP) is 3.68. The predicted molar refractivity (Wildman–Crippen MR) is 82.2 cm³/mol. The van der Waals surface area contributed by atoms with Gasteiger partial charge in [0, 0.05) is 19.0 Å². The number of nitrogens with zero attached hydrogens (tertiary/aromatic N) is 1. The van der Waals surface area contributed by atoms with E-state index in [1.165, 1.54) is 0 Å². The first-order chi connectivity index (χ1) is 9.85. The fourth-order valence-corrected chi connectivity index (χ4v) is 2.40. The highest BCUT2D eigenvalue weighted by Gasteiger charge is 2.30. The highest BCUT2D eigenvalue weighted by Crippen LogP contribution is 2.22. The molecule has 4 nitrogen and oxygen atoms in total. The Kier molecular flexibility index (Phi) is 4.56. The van der Waals surface area contributed by atoms with Gasteiger partial charge in [-0.05, 0) is 38.8 Å². The van der Waals surface area contributed by atoms with Crippen LogP contribution in [-0.4, -0.2) is 34.3 Å². The summed E-state index contributed by atoms with van der Waals surface area (Å²) in [6.45, 7) is 5.95. The summed E-state index contributed by atoms with van der Waals surface area (Å²) >= 11 is 0. The summed E-state index contributed by atoms with van der Waals surface area (Å²) in [5.41, 5.74) is 0.628. The molecule has 1 N–H and O–H groups in total. The average molecular weight is 289 g/mol. The van der Waals surface area contributed by atoms with Crippen LogP contribution in [0.2, 0.25) is 0 Å². The Hall–Kier alpha value is -1.97. The minimum Gasteiger partial charge on any atom is -0.513 e. The van der Waals surface area contributed by atoms with Crippen molar-refractivity contribution in [1.29, 1.82) is 0 Å². The van der Waals surface area contributed by atoms with E-state index in [2.05, 4.69) is 0 Å². The molecule has 0 aromatic heterocycles. The molecule has 0 saturated heterocycles. The quantitative estimate of drug-likeness (QED) is 0.903. The van der Waals surface area contributed by atoms with E-state index >= 15 is 0 Å². The summed E-state index contributed by atoms with van der Waals surface area (Å²) in [7, 11) is 0. The zero-order chi connectivity index (χ0) is 15.5. The van der Waals surface area contributed by atoms with E-state index < -0.39 is 5.60 Å². The van der Waals surface area contributed by atoms with Crippen LogP contribution in [0.3, 0.4) is 0 Å². The van der Waals surface area contributed by atoms with Crippen molar-refractivity contribution >= 4 is 6.09 Å². The van der Waals surface area contributed by atoms with Crippen molar-refractivity contribution in [1.82, 2.24) is 4.90 Å². The topological polar surface area (TPSA) is 49.8 Å². The van der Waals surface area contributed by atoms with Crippen LogP contribution in [0.4, 0.5) is 4.79 Å². The smallest absolute Gasteiger partial charge is 0.410 e. The largest absolute Gasteiger partial charge is 0.513 e. The van der Waals surface area contributed by atoms with Crippen LogP contribution in [-0.2, 0) is 11.2 Å². The normalized spacial score (nSPS) is 19.1. The number of aliphatic hydroxyl groups is 1. The second-order valence-electron chi connectivity index (χ2n) is 6.38. The number of carbonyl (C=O) groups is 1. The molecule has 21 heavy (non-hydrogen) atoms. The molecule has 0 radical (unpaired) electrons. The van der Waals surface area contributed by atoms with Gasteiger partial charge in [0.1, 0.15) is 5.60 Å². The summed E-state index contributed by atoms with van der Waals surface area (Å²) in [5, 5.41) is 9.77. The van der Waals surface area contributed by atoms with Gasteiger partial charge in [-0.1, -0.05) is 30.3 Å². The molecule has 1 amide bonds. The third kappa shape index (κ3) is 4.52. The Balaban J connectivity index is 2.12. The van der Waals surface area contributed by atoms with E-state index in [1.807, 2.05) is 51.1 Å². The standard InChI is InChI=1S/C17H23NO3/c1-17(2,3)21-16(20)18-10-9-15(19)12-14(18)11-13-7-5-4-6-8-13/h4-9,14,19H,10-12H2,1-3H3/t14-/m1/s1. The second kappa shape index (κ2) is 6.20. The van der Waals surface area contributed by atoms with Crippen LogP contribution < -0.4 is 0 Å². The molecule has 1 aliphatic rings. The maximum Gasteiger partial charge on any atom is 0.410 e. The van der Waals surface area contributed by atoms with Crippen molar-refractivity contribution in [3.8, 4) is 0 Å². The zero-order valence-corrected chi connectivity index (χ0v) is 12.9. The number of benzene rings is 1. The Morgan fingerprint density at radius 3 is 2.62 bits per heavy atom. The van der Waals surface area contributed by atoms with Crippen LogP contribution in [0.15, 0.2) is 42.2 Å². The van der Waals surface area contributed by atoms with Gasteiger partial charge in [0.25, 0.3) is 0 Å². The highest BCUT2D eigenvalue weighted by atomic mass is 16.6. The molecule has 4 heteroatoms. The van der Waals surface area contributed by atoms with Crippen LogP contribution in [0.5, 0.6) is 0 Å². The van der Waals surface area contributed by atoms with E-state index in [-0.39, 0.29) is 12.1 Å². The van der Waals surface area contributed by atoms with E-state index in [1.54, 1.807) is 11.0 Å². The van der Waals surface area contributed by atoms with E-state index in [0.29, 0.717) is 25.1 Å². The summed E-state index contributed by atoms with van der Waals surface area (Å²) < 4.78 is 5.46. The SMILES string of the molecule is CC(C)(C)OC(=O)N1CC=C(O)C[C@H]1Cc1ccccc1. The lowest BCUT2D eigenvalue weighted by atomic mass is 9.98. The maximum absolute atomic E-state index is 12.3. The number of rotatable bonds is 2. The van der Waals surface area contributed by atoms with E-state index in [4.69, 9.17) is 4.74 Å². The Bertz CT molecular complexity index is 517. The van der Waals surface area contributed by atoms with Crippen molar-refractivity contribution in [2.24, 2.45) is 0 Å². The van der Waals surface area contributed by atoms with Gasteiger partial charge in [0.2, 0.25) is 0 Å². The van der Waals surface area contributed by atoms with Gasteiger partial charge in [-0.3, -0.25) is 0 Å². The molecule has 2 rings (SSSR count). The molecule has 1 atom stereocenters. The van der Waals surface area contributed by atoms with Crippen LogP contribution in [0.1, 0.15) is 32.8 Å².